The molecule has 1 heterocycles. The molecule has 0 amide bonds. The highest BCUT2D eigenvalue weighted by molar-refractivity contribution is 4.96. The summed E-state index contributed by atoms with van der Waals surface area (Å²) in [6, 6.07) is 0.376. The van der Waals surface area contributed by atoms with Crippen molar-refractivity contribution < 1.29 is 0 Å². The van der Waals surface area contributed by atoms with Gasteiger partial charge in [0, 0.05) is 11.6 Å². The highest BCUT2D eigenvalue weighted by Gasteiger charge is 2.38. The zero-order valence-corrected chi connectivity index (χ0v) is 10.7. The van der Waals surface area contributed by atoms with E-state index in [1.807, 2.05) is 0 Å². The average molecular weight is 213 g/mol. The smallest absolute Gasteiger partial charge is 0.0414 e. The fourth-order valence-electron chi connectivity index (χ4n) is 2.79. The number of likely N-dealkylation sites (tertiary alicyclic amines) is 1. The summed E-state index contributed by atoms with van der Waals surface area (Å²) in [5.74, 6) is 6.34. The molecule has 2 atom stereocenters. The van der Waals surface area contributed by atoms with Gasteiger partial charge >= 0.3 is 0 Å². The van der Waals surface area contributed by atoms with Crippen LogP contribution in [0.2, 0.25) is 0 Å². The van der Waals surface area contributed by atoms with Crippen LogP contribution in [0.3, 0.4) is 0 Å². The molecular weight excluding hydrogens is 186 g/mol. The van der Waals surface area contributed by atoms with E-state index in [4.69, 9.17) is 5.84 Å². The van der Waals surface area contributed by atoms with Gasteiger partial charge in [0.05, 0.1) is 0 Å². The van der Waals surface area contributed by atoms with Gasteiger partial charge in [0.1, 0.15) is 0 Å². The van der Waals surface area contributed by atoms with Gasteiger partial charge in [0.25, 0.3) is 0 Å². The molecule has 0 spiro atoms. The number of nitrogens with one attached hydrogen (secondary N) is 1. The Bertz CT molecular complexity index is 185. The maximum Gasteiger partial charge on any atom is 0.0414 e. The normalized spacial score (nSPS) is 23.0. The topological polar surface area (TPSA) is 41.3 Å². The van der Waals surface area contributed by atoms with E-state index < -0.39 is 0 Å². The van der Waals surface area contributed by atoms with Crippen molar-refractivity contribution in [1.29, 1.82) is 0 Å². The monoisotopic (exact) mass is 213 g/mol. The Hall–Kier alpha value is -0.120. The molecule has 1 fully saturated rings. The second-order valence-corrected chi connectivity index (χ2v) is 5.38. The van der Waals surface area contributed by atoms with Gasteiger partial charge in [-0.05, 0) is 45.7 Å². The molecule has 0 aromatic rings. The van der Waals surface area contributed by atoms with E-state index >= 15 is 0 Å². The van der Waals surface area contributed by atoms with Gasteiger partial charge in [-0.2, -0.15) is 0 Å². The van der Waals surface area contributed by atoms with Gasteiger partial charge in [-0.3, -0.25) is 16.2 Å². The van der Waals surface area contributed by atoms with Crippen LogP contribution in [0.5, 0.6) is 0 Å². The Morgan fingerprint density at radius 2 is 1.87 bits per heavy atom. The van der Waals surface area contributed by atoms with E-state index in [-0.39, 0.29) is 5.54 Å². The summed E-state index contributed by atoms with van der Waals surface area (Å²) in [6.45, 7) is 11.6. The lowest BCUT2D eigenvalue weighted by Crippen LogP contribution is -2.61. The summed E-state index contributed by atoms with van der Waals surface area (Å²) >= 11 is 0. The average Bonchev–Trinajstić information content (AvgIpc) is 2.71. The van der Waals surface area contributed by atoms with Crippen LogP contribution in [-0.2, 0) is 0 Å². The van der Waals surface area contributed by atoms with Gasteiger partial charge in [0.15, 0.2) is 0 Å². The molecule has 3 N–H and O–H groups in total. The van der Waals surface area contributed by atoms with Crippen molar-refractivity contribution in [2.45, 2.75) is 58.5 Å². The number of rotatable bonds is 5. The van der Waals surface area contributed by atoms with Crippen LogP contribution < -0.4 is 11.3 Å². The molecule has 0 aromatic carbocycles. The van der Waals surface area contributed by atoms with E-state index in [2.05, 4.69) is 38.0 Å². The van der Waals surface area contributed by atoms with Gasteiger partial charge in [0.2, 0.25) is 0 Å². The predicted octanol–water partition coefficient (Wildman–Crippen LogP) is 1.74. The summed E-state index contributed by atoms with van der Waals surface area (Å²) in [5.41, 5.74) is 3.20. The molecule has 0 saturated carbocycles. The van der Waals surface area contributed by atoms with Crippen LogP contribution in [0.25, 0.3) is 0 Å². The first-order chi connectivity index (χ1) is 7.04. The molecule has 1 rings (SSSR count). The van der Waals surface area contributed by atoms with Crippen molar-refractivity contribution >= 4 is 0 Å². The van der Waals surface area contributed by atoms with Crippen molar-refractivity contribution in [1.82, 2.24) is 10.3 Å². The number of hydrogen-bond donors (Lipinski definition) is 2. The van der Waals surface area contributed by atoms with Crippen molar-refractivity contribution in [3.63, 3.8) is 0 Å². The van der Waals surface area contributed by atoms with Crippen LogP contribution in [-0.4, -0.2) is 29.6 Å². The summed E-state index contributed by atoms with van der Waals surface area (Å²) < 4.78 is 0. The van der Waals surface area contributed by atoms with E-state index in [0.717, 1.165) is 0 Å². The van der Waals surface area contributed by atoms with E-state index in [9.17, 15) is 0 Å². The second-order valence-electron chi connectivity index (χ2n) is 5.38. The summed E-state index contributed by atoms with van der Waals surface area (Å²) in [6.07, 6.45) is 3.84. The minimum atomic E-state index is 0.167. The van der Waals surface area contributed by atoms with Gasteiger partial charge in [-0.25, -0.2) is 0 Å². The van der Waals surface area contributed by atoms with Crippen molar-refractivity contribution in [2.75, 3.05) is 13.1 Å². The first-order valence-electron chi connectivity index (χ1n) is 6.25. The van der Waals surface area contributed by atoms with Crippen LogP contribution in [0.1, 0.15) is 47.0 Å². The van der Waals surface area contributed by atoms with Crippen LogP contribution in [0.4, 0.5) is 0 Å². The van der Waals surface area contributed by atoms with Crippen molar-refractivity contribution in [2.24, 2.45) is 11.8 Å². The molecule has 0 bridgehead atoms. The lowest BCUT2D eigenvalue weighted by atomic mass is 9.83. The minimum absolute atomic E-state index is 0.167. The van der Waals surface area contributed by atoms with E-state index in [0.29, 0.717) is 12.0 Å². The molecule has 1 aliphatic rings. The third kappa shape index (κ3) is 2.71. The number of hydrazine groups is 1. The standard InChI is InChI=1S/C12H27N3/c1-5-10(2)11(14-13)12(3,4)15-8-6-7-9-15/h10-11,14H,5-9,13H2,1-4H3. The maximum atomic E-state index is 5.73. The fourth-order valence-corrected chi connectivity index (χ4v) is 2.79. The van der Waals surface area contributed by atoms with Crippen molar-refractivity contribution in [3.8, 4) is 0 Å². The molecule has 1 saturated heterocycles. The van der Waals surface area contributed by atoms with Gasteiger partial charge < -0.3 is 0 Å². The van der Waals surface area contributed by atoms with E-state index in [1.165, 1.54) is 32.4 Å². The molecule has 0 aliphatic carbocycles. The Morgan fingerprint density at radius 3 is 2.27 bits per heavy atom. The molecular formula is C12H27N3. The number of hydrogen-bond acceptors (Lipinski definition) is 3. The SMILES string of the molecule is CCC(C)C(NN)C(C)(C)N1CCCC1. The zero-order chi connectivity index (χ0) is 11.5. The zero-order valence-electron chi connectivity index (χ0n) is 10.7. The van der Waals surface area contributed by atoms with E-state index in [1.54, 1.807) is 0 Å². The molecule has 0 radical (unpaired) electrons. The Morgan fingerprint density at radius 1 is 1.33 bits per heavy atom. The maximum absolute atomic E-state index is 5.73. The predicted molar refractivity (Wildman–Crippen MR) is 65.5 cm³/mol. The second kappa shape index (κ2) is 5.28. The third-order valence-corrected chi connectivity index (χ3v) is 4.07. The molecule has 90 valence electrons. The first kappa shape index (κ1) is 12.9. The fraction of sp³-hybridized carbons (Fsp3) is 1.00. The van der Waals surface area contributed by atoms with Crippen LogP contribution in [0, 0.1) is 5.92 Å². The Labute approximate surface area is 94.4 Å². The van der Waals surface area contributed by atoms with Crippen LogP contribution in [0.15, 0.2) is 0 Å². The largest absolute Gasteiger partial charge is 0.297 e. The van der Waals surface area contributed by atoms with Gasteiger partial charge in [-0.1, -0.05) is 20.3 Å². The molecule has 3 heteroatoms. The summed E-state index contributed by atoms with van der Waals surface area (Å²) in [4.78, 5) is 2.57. The highest BCUT2D eigenvalue weighted by Crippen LogP contribution is 2.28. The Kier molecular flexibility index (Phi) is 4.56. The molecule has 2 unspecified atom stereocenters. The molecule has 3 nitrogen and oxygen atoms in total. The summed E-state index contributed by atoms with van der Waals surface area (Å²) in [5, 5.41) is 0. The first-order valence-corrected chi connectivity index (χ1v) is 6.25. The van der Waals surface area contributed by atoms with Crippen molar-refractivity contribution in [3.05, 3.63) is 0 Å². The van der Waals surface area contributed by atoms with Crippen LogP contribution >= 0.6 is 0 Å². The number of nitrogens with two attached hydrogens (primary N) is 1. The summed E-state index contributed by atoms with van der Waals surface area (Å²) in [7, 11) is 0. The highest BCUT2D eigenvalue weighted by atomic mass is 15.3. The molecule has 15 heavy (non-hydrogen) atoms. The lowest BCUT2D eigenvalue weighted by molar-refractivity contribution is 0.0801. The van der Waals surface area contributed by atoms with Gasteiger partial charge in [-0.15, -0.1) is 0 Å². The minimum Gasteiger partial charge on any atom is -0.297 e. The molecule has 0 aromatic heterocycles. The third-order valence-electron chi connectivity index (χ3n) is 4.07. The molecule has 1 aliphatic heterocycles. The number of nitrogens with zero attached hydrogens (tertiary/aromatic N) is 1. The quantitative estimate of drug-likeness (QED) is 0.540. The lowest BCUT2D eigenvalue weighted by Gasteiger charge is -2.44. The Balaban J connectivity index is 2.70.